The Morgan fingerprint density at radius 3 is 2.85 bits per heavy atom. The van der Waals surface area contributed by atoms with Crippen molar-refractivity contribution in [1.29, 1.82) is 0 Å². The van der Waals surface area contributed by atoms with Gasteiger partial charge in [0.2, 0.25) is 5.91 Å². The number of likely N-dealkylation sites (N-methyl/N-ethyl adjacent to an activating group) is 1. The fraction of sp³-hybridized carbons (Fsp3) is 0.462. The van der Waals surface area contributed by atoms with Gasteiger partial charge in [0.15, 0.2) is 5.82 Å². The van der Waals surface area contributed by atoms with Gasteiger partial charge in [-0.3, -0.25) is 14.9 Å². The van der Waals surface area contributed by atoms with Crippen molar-refractivity contribution in [2.24, 2.45) is 0 Å². The number of nitrogens with zero attached hydrogens (tertiary/aromatic N) is 2. The molecule has 1 aromatic carbocycles. The van der Waals surface area contributed by atoms with Crippen LogP contribution >= 0.6 is 0 Å². The molecule has 0 spiro atoms. The predicted molar refractivity (Wildman–Crippen MR) is 72.1 cm³/mol. The Labute approximate surface area is 115 Å². The summed E-state index contributed by atoms with van der Waals surface area (Å²) in [4.78, 5) is 23.5. The molecular weight excluding hydrogens is 265 g/mol. The number of piperidine rings is 1. The number of rotatable bonds is 3. The van der Waals surface area contributed by atoms with E-state index in [2.05, 4.69) is 5.32 Å². The van der Waals surface area contributed by atoms with Crippen molar-refractivity contribution < 1.29 is 14.1 Å². The number of nitro groups is 1. The first-order chi connectivity index (χ1) is 9.54. The van der Waals surface area contributed by atoms with E-state index in [-0.39, 0.29) is 17.3 Å². The second kappa shape index (κ2) is 5.85. The summed E-state index contributed by atoms with van der Waals surface area (Å²) in [5.41, 5.74) is -0.0522. The van der Waals surface area contributed by atoms with Crippen LogP contribution in [0.5, 0.6) is 0 Å². The Kier molecular flexibility index (Phi) is 4.16. The van der Waals surface area contributed by atoms with Gasteiger partial charge in [-0.25, -0.2) is 4.39 Å². The maximum absolute atomic E-state index is 14.1. The van der Waals surface area contributed by atoms with Crippen molar-refractivity contribution in [2.75, 3.05) is 18.5 Å². The highest BCUT2D eigenvalue weighted by atomic mass is 19.1. The molecule has 1 amide bonds. The van der Waals surface area contributed by atoms with Crippen molar-refractivity contribution in [3.8, 4) is 0 Å². The molecule has 1 unspecified atom stereocenters. The summed E-state index contributed by atoms with van der Waals surface area (Å²) >= 11 is 0. The molecule has 1 fully saturated rings. The van der Waals surface area contributed by atoms with Gasteiger partial charge >= 0.3 is 0 Å². The average molecular weight is 281 g/mol. The third kappa shape index (κ3) is 2.71. The zero-order valence-electron chi connectivity index (χ0n) is 11.1. The minimum absolute atomic E-state index is 0.164. The number of hydrogen-bond donors (Lipinski definition) is 1. The van der Waals surface area contributed by atoms with Gasteiger partial charge in [-0.15, -0.1) is 0 Å². The first-order valence-corrected chi connectivity index (χ1v) is 6.46. The minimum atomic E-state index is -0.671. The maximum Gasteiger partial charge on any atom is 0.272 e. The summed E-state index contributed by atoms with van der Waals surface area (Å²) in [5.74, 6) is -0.836. The molecule has 1 heterocycles. The first-order valence-electron chi connectivity index (χ1n) is 6.46. The van der Waals surface area contributed by atoms with E-state index in [0.717, 1.165) is 18.9 Å². The average Bonchev–Trinajstić information content (AvgIpc) is 2.46. The number of non-ortho nitro benzene ring substituents is 1. The van der Waals surface area contributed by atoms with E-state index >= 15 is 0 Å². The van der Waals surface area contributed by atoms with Gasteiger partial charge in [0.1, 0.15) is 6.04 Å². The molecule has 1 saturated heterocycles. The molecule has 108 valence electrons. The number of anilines is 1. The van der Waals surface area contributed by atoms with E-state index in [1.54, 1.807) is 11.9 Å². The molecule has 1 aromatic rings. The van der Waals surface area contributed by atoms with Crippen LogP contribution < -0.4 is 10.2 Å². The monoisotopic (exact) mass is 281 g/mol. The van der Waals surface area contributed by atoms with Gasteiger partial charge in [-0.2, -0.15) is 0 Å². The smallest absolute Gasteiger partial charge is 0.272 e. The van der Waals surface area contributed by atoms with Crippen LogP contribution in [0.25, 0.3) is 0 Å². The molecule has 1 aliphatic heterocycles. The van der Waals surface area contributed by atoms with Crippen molar-refractivity contribution in [3.63, 3.8) is 0 Å². The fourth-order valence-corrected chi connectivity index (χ4v) is 2.50. The largest absolute Gasteiger partial charge is 0.357 e. The van der Waals surface area contributed by atoms with Gasteiger partial charge in [0, 0.05) is 19.7 Å². The molecular formula is C13H16FN3O3. The summed E-state index contributed by atoms with van der Waals surface area (Å²) < 4.78 is 14.1. The summed E-state index contributed by atoms with van der Waals surface area (Å²) in [6.07, 6.45) is 2.42. The number of amides is 1. The molecule has 0 aliphatic carbocycles. The Hall–Kier alpha value is -2.18. The molecule has 1 atom stereocenters. The molecule has 20 heavy (non-hydrogen) atoms. The lowest BCUT2D eigenvalue weighted by molar-refractivity contribution is -0.385. The lowest BCUT2D eigenvalue weighted by Gasteiger charge is -2.36. The third-order valence-corrected chi connectivity index (χ3v) is 3.50. The first kappa shape index (κ1) is 14.2. The number of benzene rings is 1. The maximum atomic E-state index is 14.1. The quantitative estimate of drug-likeness (QED) is 0.677. The molecule has 0 radical (unpaired) electrons. The Balaban J connectivity index is 2.32. The zero-order chi connectivity index (χ0) is 14.7. The van der Waals surface area contributed by atoms with Gasteiger partial charge < -0.3 is 10.2 Å². The lowest BCUT2D eigenvalue weighted by Crippen LogP contribution is -2.49. The number of nitrogens with one attached hydrogen (secondary N) is 1. The van der Waals surface area contributed by atoms with Crippen molar-refractivity contribution >= 4 is 17.3 Å². The molecule has 1 aliphatic rings. The van der Waals surface area contributed by atoms with Crippen LogP contribution in [0.3, 0.4) is 0 Å². The summed E-state index contributed by atoms with van der Waals surface area (Å²) in [6, 6.07) is 3.10. The number of nitro benzene ring substituents is 1. The number of hydrogen-bond acceptors (Lipinski definition) is 4. The summed E-state index contributed by atoms with van der Waals surface area (Å²) in [5, 5.41) is 13.2. The van der Waals surface area contributed by atoms with E-state index in [1.165, 1.54) is 12.1 Å². The van der Waals surface area contributed by atoms with E-state index in [1.807, 2.05) is 0 Å². The van der Waals surface area contributed by atoms with Crippen LogP contribution in [-0.2, 0) is 4.79 Å². The number of carbonyl (C=O) groups is 1. The van der Waals surface area contributed by atoms with Crippen molar-refractivity contribution in [2.45, 2.75) is 25.3 Å². The van der Waals surface area contributed by atoms with E-state index in [4.69, 9.17) is 0 Å². The normalized spacial score (nSPS) is 18.7. The zero-order valence-corrected chi connectivity index (χ0v) is 11.1. The highest BCUT2D eigenvalue weighted by Crippen LogP contribution is 2.29. The second-order valence-electron chi connectivity index (χ2n) is 4.71. The van der Waals surface area contributed by atoms with E-state index in [9.17, 15) is 19.3 Å². The van der Waals surface area contributed by atoms with Crippen LogP contribution in [0.4, 0.5) is 15.8 Å². The summed E-state index contributed by atoms with van der Waals surface area (Å²) in [7, 11) is 1.54. The van der Waals surface area contributed by atoms with E-state index < -0.39 is 16.8 Å². The Morgan fingerprint density at radius 2 is 2.25 bits per heavy atom. The molecule has 7 heteroatoms. The lowest BCUT2D eigenvalue weighted by atomic mass is 10.00. The molecule has 0 saturated carbocycles. The number of carbonyl (C=O) groups excluding carboxylic acids is 1. The van der Waals surface area contributed by atoms with Crippen LogP contribution in [-0.4, -0.2) is 30.5 Å². The van der Waals surface area contributed by atoms with Crippen LogP contribution in [0, 0.1) is 15.9 Å². The topological polar surface area (TPSA) is 75.5 Å². The molecule has 2 rings (SSSR count). The number of halogens is 1. The summed E-state index contributed by atoms with van der Waals surface area (Å²) in [6.45, 7) is 0.562. The third-order valence-electron chi connectivity index (χ3n) is 3.50. The standard InChI is InChI=1S/C13H16FN3O3/c1-15-13(18)12-4-2-3-7-16(12)11-6-5-9(17(19)20)8-10(11)14/h5-6,8,12H,2-4,7H2,1H3,(H,15,18). The minimum Gasteiger partial charge on any atom is -0.357 e. The van der Waals surface area contributed by atoms with Gasteiger partial charge in [-0.05, 0) is 25.3 Å². The molecule has 6 nitrogen and oxygen atoms in total. The van der Waals surface area contributed by atoms with E-state index in [0.29, 0.717) is 13.0 Å². The van der Waals surface area contributed by atoms with Crippen molar-refractivity contribution in [1.82, 2.24) is 5.32 Å². The van der Waals surface area contributed by atoms with Gasteiger partial charge in [0.25, 0.3) is 5.69 Å². The fourth-order valence-electron chi connectivity index (χ4n) is 2.50. The van der Waals surface area contributed by atoms with Crippen LogP contribution in [0.2, 0.25) is 0 Å². The van der Waals surface area contributed by atoms with Gasteiger partial charge in [0.05, 0.1) is 16.7 Å². The van der Waals surface area contributed by atoms with Crippen LogP contribution in [0.1, 0.15) is 19.3 Å². The SMILES string of the molecule is CNC(=O)C1CCCCN1c1ccc([N+](=O)[O-])cc1F. The molecule has 1 N–H and O–H groups in total. The van der Waals surface area contributed by atoms with Crippen LogP contribution in [0.15, 0.2) is 18.2 Å². The highest BCUT2D eigenvalue weighted by Gasteiger charge is 2.30. The predicted octanol–water partition coefficient (Wildman–Crippen LogP) is 1.84. The Morgan fingerprint density at radius 1 is 1.50 bits per heavy atom. The van der Waals surface area contributed by atoms with Gasteiger partial charge in [-0.1, -0.05) is 0 Å². The molecule has 0 bridgehead atoms. The van der Waals surface area contributed by atoms with Crippen molar-refractivity contribution in [3.05, 3.63) is 34.1 Å². The second-order valence-corrected chi connectivity index (χ2v) is 4.71. The highest BCUT2D eigenvalue weighted by molar-refractivity contribution is 5.85. The Bertz CT molecular complexity index is 536. The molecule has 0 aromatic heterocycles.